The van der Waals surface area contributed by atoms with Crippen LogP contribution in [0.1, 0.15) is 107 Å². The molecule has 13 nitrogen and oxygen atoms in total. The van der Waals surface area contributed by atoms with Gasteiger partial charge < -0.3 is 20.9 Å². The third kappa shape index (κ3) is 8.60. The normalized spacial score (nSPS) is 17.6. The van der Waals surface area contributed by atoms with Crippen LogP contribution in [0.5, 0.6) is 0 Å². The van der Waals surface area contributed by atoms with E-state index >= 15 is 4.39 Å². The van der Waals surface area contributed by atoms with Crippen molar-refractivity contribution in [2.75, 3.05) is 40.1 Å². The molecule has 0 spiro atoms. The molecule has 1 unspecified atom stereocenters. The van der Waals surface area contributed by atoms with Crippen molar-refractivity contribution in [2.24, 2.45) is 12.0 Å². The van der Waals surface area contributed by atoms with Gasteiger partial charge in [-0.3, -0.25) is 29.0 Å². The molecule has 2 atom stereocenters. The van der Waals surface area contributed by atoms with Crippen molar-refractivity contribution in [3.63, 3.8) is 0 Å². The van der Waals surface area contributed by atoms with Crippen molar-refractivity contribution in [3.8, 4) is 6.07 Å². The van der Waals surface area contributed by atoms with Gasteiger partial charge in [0.05, 0.1) is 46.1 Å². The second-order valence-corrected chi connectivity index (χ2v) is 17.1. The fraction of sp³-hybridized carbons (Fsp3) is 0.319. The third-order valence-corrected chi connectivity index (χ3v) is 12.4. The topological polar surface area (TPSA) is 161 Å². The zero-order valence-electron chi connectivity index (χ0n) is 36.0. The van der Waals surface area contributed by atoms with Crippen LogP contribution in [0.2, 0.25) is 0 Å². The molecule has 19 heteroatoms. The molecule has 1 aromatic heterocycles. The molecule has 4 aromatic carbocycles. The van der Waals surface area contributed by atoms with E-state index in [1.165, 1.54) is 61.5 Å². The van der Waals surface area contributed by atoms with E-state index in [4.69, 9.17) is 12.2 Å². The first-order valence-corrected chi connectivity index (χ1v) is 21.6. The Morgan fingerprint density at radius 3 is 2.35 bits per heavy atom. The molecule has 3 N–H and O–H groups in total. The number of carbonyl (C=O) groups is 3. The number of unbranched alkanes of at least 4 members (excludes halogenated alkanes) is 4. The Balaban J connectivity index is 0.796. The van der Waals surface area contributed by atoms with Gasteiger partial charge in [0.15, 0.2) is 10.9 Å². The smallest absolute Gasteiger partial charge is 0.385 e. The van der Waals surface area contributed by atoms with Gasteiger partial charge in [-0.25, -0.2) is 13.8 Å². The fourth-order valence-corrected chi connectivity index (χ4v) is 9.26. The zero-order chi connectivity index (χ0) is 47.1. The predicted octanol–water partition coefficient (Wildman–Crippen LogP) is 8.63. The van der Waals surface area contributed by atoms with Crippen LogP contribution >= 0.6 is 12.2 Å². The predicted molar refractivity (Wildman–Crippen MR) is 242 cm³/mol. The molecule has 4 heterocycles. The summed E-state index contributed by atoms with van der Waals surface area (Å²) in [5.74, 6) is -2.61. The van der Waals surface area contributed by atoms with Crippen LogP contribution in [0.15, 0.2) is 84.1 Å². The monoisotopic (exact) mass is 922 g/mol. The Labute approximate surface area is 381 Å². The summed E-state index contributed by atoms with van der Waals surface area (Å²) in [7, 11) is 1.80. The minimum absolute atomic E-state index is 0.0678. The number of aryl methyl sites for hydroxylation is 1. The second-order valence-electron chi connectivity index (χ2n) is 16.7. The van der Waals surface area contributed by atoms with E-state index in [1.54, 1.807) is 11.7 Å². The molecule has 2 amide bonds. The van der Waals surface area contributed by atoms with Gasteiger partial charge >= 0.3 is 6.18 Å². The van der Waals surface area contributed by atoms with E-state index in [0.717, 1.165) is 60.5 Å². The number of rotatable bonds is 14. The lowest BCUT2D eigenvalue weighted by Gasteiger charge is -2.37. The minimum atomic E-state index is -4.86. The Kier molecular flexibility index (Phi) is 12.5. The number of aromatic nitrogens is 3. The Morgan fingerprint density at radius 1 is 0.955 bits per heavy atom. The van der Waals surface area contributed by atoms with E-state index in [0.29, 0.717) is 47.4 Å². The van der Waals surface area contributed by atoms with Crippen molar-refractivity contribution in [2.45, 2.75) is 69.6 Å². The number of benzene rings is 4. The van der Waals surface area contributed by atoms with Crippen LogP contribution in [0.3, 0.4) is 0 Å². The molecule has 340 valence electrons. The van der Waals surface area contributed by atoms with Gasteiger partial charge in [0.2, 0.25) is 0 Å². The zero-order valence-corrected chi connectivity index (χ0v) is 36.8. The average molecular weight is 923 g/mol. The van der Waals surface area contributed by atoms with Crippen LogP contribution in [-0.4, -0.2) is 68.4 Å². The molecular weight excluding hydrogens is 880 g/mol. The number of ketones is 1. The highest BCUT2D eigenvalue weighted by Crippen LogP contribution is 2.45. The van der Waals surface area contributed by atoms with Crippen LogP contribution in [0.25, 0.3) is 0 Å². The number of nitrogens with zero attached hydrogens (tertiary/aromatic N) is 7. The van der Waals surface area contributed by atoms with Crippen molar-refractivity contribution >= 4 is 63.4 Å². The number of hydrogen-bond acceptors (Lipinski definition) is 10. The van der Waals surface area contributed by atoms with E-state index in [1.807, 2.05) is 24.3 Å². The molecule has 1 saturated heterocycles. The molecule has 0 radical (unpaired) electrons. The average Bonchev–Trinajstić information content (AvgIpc) is 3.78. The number of anilines is 4. The minimum Gasteiger partial charge on any atom is -0.385 e. The SMILES string of the molecule is Cn1ncnc1C1C2=NCC(=O)c3cc(F)cc(c32)N[C@@H]1c1ccc(NCCCCCCCNC(=O)c2ccc(N3C(=S)N(c4ccc(C#N)c(C(F)(F)F)c4)C(=O)C3(C)C)cc2F)cc1. The standard InChI is InChI=1S/C47H43F5N10O3S/c1-46(2)44(65)61(30-14-11-27(23-53)34(21-30)47(50,51)52)45(66)62(46)31-15-16-32(35(49)22-31)43(64)55-18-8-6-4-5-7-17-54-29-12-9-26(10-13-29)40-39(42-57-25-58-60(42)3)41-38-33(37(63)24-56-41)19-28(48)20-36(38)59-40/h9-16,19-22,25,39-40,54,59H,4-8,17-18,24H2,1-3H3,(H,55,64)/t39?,40-/m1/s1. The van der Waals surface area contributed by atoms with Gasteiger partial charge in [-0.15, -0.1) is 0 Å². The number of hydrogen-bond donors (Lipinski definition) is 3. The van der Waals surface area contributed by atoms with Gasteiger partial charge in [0, 0.05) is 48.3 Å². The number of halogens is 5. The largest absolute Gasteiger partial charge is 0.417 e. The maximum absolute atomic E-state index is 15.5. The van der Waals surface area contributed by atoms with Gasteiger partial charge in [-0.1, -0.05) is 31.4 Å². The molecule has 1 fully saturated rings. The number of nitrogens with one attached hydrogen (secondary N) is 3. The quantitative estimate of drug-likeness (QED) is 0.0559. The number of thiocarbonyl (C=S) groups is 1. The van der Waals surface area contributed by atoms with Crippen LogP contribution in [-0.2, 0) is 18.0 Å². The first kappa shape index (κ1) is 45.5. The van der Waals surface area contributed by atoms with Crippen LogP contribution in [0.4, 0.5) is 44.7 Å². The van der Waals surface area contributed by atoms with Gasteiger partial charge in [-0.2, -0.15) is 23.5 Å². The Hall–Kier alpha value is -7.07. The lowest BCUT2D eigenvalue weighted by Crippen LogP contribution is -2.44. The number of amides is 2. The fourth-order valence-electron chi connectivity index (χ4n) is 8.74. The summed E-state index contributed by atoms with van der Waals surface area (Å²) in [6.07, 6.45) is 0.869. The maximum atomic E-state index is 15.5. The summed E-state index contributed by atoms with van der Waals surface area (Å²) in [4.78, 5) is 50.6. The number of Topliss-reactive ketones (excluding diaryl/α,β-unsaturated/α-hetero) is 1. The van der Waals surface area contributed by atoms with Crippen molar-refractivity contribution in [3.05, 3.63) is 130 Å². The second kappa shape index (κ2) is 18.1. The summed E-state index contributed by atoms with van der Waals surface area (Å²) in [5, 5.41) is 22.9. The molecule has 3 aliphatic heterocycles. The molecule has 66 heavy (non-hydrogen) atoms. The maximum Gasteiger partial charge on any atom is 0.417 e. The Morgan fingerprint density at radius 2 is 1.67 bits per heavy atom. The van der Waals surface area contributed by atoms with Crippen LogP contribution in [0, 0.1) is 23.0 Å². The Bertz CT molecular complexity index is 2840. The number of alkyl halides is 3. The molecular formula is C47H43F5N10O3S. The summed E-state index contributed by atoms with van der Waals surface area (Å²) in [6, 6.07) is 18.4. The lowest BCUT2D eigenvalue weighted by molar-refractivity contribution is -0.137. The lowest BCUT2D eigenvalue weighted by atomic mass is 9.78. The van der Waals surface area contributed by atoms with Crippen molar-refractivity contribution in [1.82, 2.24) is 20.1 Å². The van der Waals surface area contributed by atoms with Crippen molar-refractivity contribution < 1.29 is 36.3 Å². The highest BCUT2D eigenvalue weighted by molar-refractivity contribution is 7.81. The summed E-state index contributed by atoms with van der Waals surface area (Å²) in [5.41, 5.74) is 0.389. The van der Waals surface area contributed by atoms with E-state index in [2.05, 4.69) is 31.0 Å². The highest BCUT2D eigenvalue weighted by Gasteiger charge is 2.51. The van der Waals surface area contributed by atoms with Crippen molar-refractivity contribution in [1.29, 1.82) is 5.26 Å². The molecule has 8 rings (SSSR count). The summed E-state index contributed by atoms with van der Waals surface area (Å²) < 4.78 is 73.0. The van der Waals surface area contributed by atoms with E-state index in [9.17, 15) is 37.2 Å². The number of aliphatic imine (C=N–C) groups is 1. The molecule has 5 aromatic rings. The van der Waals surface area contributed by atoms with E-state index < -0.39 is 46.3 Å². The third-order valence-electron chi connectivity index (χ3n) is 12.1. The first-order valence-electron chi connectivity index (χ1n) is 21.2. The van der Waals surface area contributed by atoms with Gasteiger partial charge in [0.1, 0.15) is 35.9 Å². The molecule has 0 bridgehead atoms. The summed E-state index contributed by atoms with van der Waals surface area (Å²) in [6.45, 7) is 3.98. The van der Waals surface area contributed by atoms with Crippen LogP contribution < -0.4 is 25.8 Å². The summed E-state index contributed by atoms with van der Waals surface area (Å²) >= 11 is 5.54. The highest BCUT2D eigenvalue weighted by atomic mass is 32.1. The molecule has 3 aliphatic rings. The molecule has 0 saturated carbocycles. The van der Waals surface area contributed by atoms with E-state index in [-0.39, 0.29) is 46.3 Å². The number of carbonyl (C=O) groups excluding carboxylic acids is 3. The van der Waals surface area contributed by atoms with Gasteiger partial charge in [-0.05, 0) is 105 Å². The first-order chi connectivity index (χ1) is 31.5. The number of nitriles is 1. The molecule has 0 aliphatic carbocycles. The van der Waals surface area contributed by atoms with Gasteiger partial charge in [0.25, 0.3) is 11.8 Å².